The zero-order chi connectivity index (χ0) is 9.23. The molecule has 0 aromatic carbocycles. The van der Waals surface area contributed by atoms with Gasteiger partial charge in [0.2, 0.25) is 0 Å². The predicted molar refractivity (Wildman–Crippen MR) is 50.9 cm³/mol. The van der Waals surface area contributed by atoms with Crippen molar-refractivity contribution in [2.24, 2.45) is 0 Å². The van der Waals surface area contributed by atoms with Crippen LogP contribution in [0, 0.1) is 0 Å². The van der Waals surface area contributed by atoms with Crippen LogP contribution in [0.2, 0.25) is 0 Å². The molecule has 0 amide bonds. The molecule has 0 radical (unpaired) electrons. The summed E-state index contributed by atoms with van der Waals surface area (Å²) in [6.45, 7) is 9.31. The van der Waals surface area contributed by atoms with Gasteiger partial charge in [0.1, 0.15) is 0 Å². The quantitative estimate of drug-likeness (QED) is 0.336. The highest BCUT2D eigenvalue weighted by Crippen LogP contribution is 2.39. The van der Waals surface area contributed by atoms with Crippen LogP contribution in [0.1, 0.15) is 20.3 Å². The Bertz CT molecular complexity index is 102. The van der Waals surface area contributed by atoms with E-state index in [-0.39, 0.29) is 0 Å². The molecule has 0 aromatic heterocycles. The second-order valence-corrected chi connectivity index (χ2v) is 3.19. The molecule has 0 unspecified atom stereocenters. The average molecular weight is 192 g/mol. The highest BCUT2D eigenvalue weighted by Gasteiger charge is 2.08. The fourth-order valence-corrected chi connectivity index (χ4v) is 1.43. The minimum atomic E-state index is -1.12. The largest absolute Gasteiger partial charge is 0.332 e. The molecule has 0 N–H and O–H groups in total. The zero-order valence-electron chi connectivity index (χ0n) is 7.78. The summed E-state index contributed by atoms with van der Waals surface area (Å²) in [5.74, 6) is 0. The van der Waals surface area contributed by atoms with Gasteiger partial charge in [0.25, 0.3) is 0 Å². The first-order valence-electron chi connectivity index (χ1n) is 4.14. The summed E-state index contributed by atoms with van der Waals surface area (Å²) in [5.41, 5.74) is 0. The van der Waals surface area contributed by atoms with Gasteiger partial charge in [-0.3, -0.25) is 0 Å². The van der Waals surface area contributed by atoms with Crippen molar-refractivity contribution < 1.29 is 13.6 Å². The summed E-state index contributed by atoms with van der Waals surface area (Å²) in [6, 6.07) is 0. The van der Waals surface area contributed by atoms with Crippen molar-refractivity contribution in [3.05, 3.63) is 12.7 Å². The molecule has 0 aliphatic heterocycles. The summed E-state index contributed by atoms with van der Waals surface area (Å²) >= 11 is 0. The number of hydrogen-bond acceptors (Lipinski definition) is 3. The Morgan fingerprint density at radius 1 is 1.17 bits per heavy atom. The third kappa shape index (κ3) is 6.74. The standard InChI is InChI=1S/C8H17O3P/c1-4-7-8-11-12(9-5-2)10-6-3/h4H,1,5-8H2,2-3H3. The smallest absolute Gasteiger partial charge is 0.313 e. The highest BCUT2D eigenvalue weighted by molar-refractivity contribution is 7.41. The van der Waals surface area contributed by atoms with Gasteiger partial charge >= 0.3 is 8.60 Å². The minimum Gasteiger partial charge on any atom is -0.313 e. The van der Waals surface area contributed by atoms with E-state index in [2.05, 4.69) is 6.58 Å². The van der Waals surface area contributed by atoms with Gasteiger partial charge in [0.05, 0.1) is 19.8 Å². The molecule has 3 nitrogen and oxygen atoms in total. The van der Waals surface area contributed by atoms with Crippen LogP contribution in [0.25, 0.3) is 0 Å². The fourth-order valence-electron chi connectivity index (χ4n) is 0.533. The molecule has 0 saturated carbocycles. The van der Waals surface area contributed by atoms with Crippen molar-refractivity contribution in [1.82, 2.24) is 0 Å². The Kier molecular flexibility index (Phi) is 9.18. The Labute approximate surface area is 75.7 Å². The second kappa shape index (κ2) is 9.14. The first-order chi connectivity index (χ1) is 5.85. The van der Waals surface area contributed by atoms with Gasteiger partial charge in [-0.2, -0.15) is 0 Å². The van der Waals surface area contributed by atoms with Gasteiger partial charge in [-0.1, -0.05) is 6.08 Å². The van der Waals surface area contributed by atoms with E-state index in [1.807, 2.05) is 19.9 Å². The zero-order valence-corrected chi connectivity index (χ0v) is 8.68. The maximum absolute atomic E-state index is 5.31. The fraction of sp³-hybridized carbons (Fsp3) is 0.750. The molecule has 0 fully saturated rings. The maximum Gasteiger partial charge on any atom is 0.332 e. The monoisotopic (exact) mass is 192 g/mol. The van der Waals surface area contributed by atoms with Crippen molar-refractivity contribution in [3.63, 3.8) is 0 Å². The lowest BCUT2D eigenvalue weighted by Crippen LogP contribution is -1.96. The van der Waals surface area contributed by atoms with Crippen LogP contribution in [0.3, 0.4) is 0 Å². The Balaban J connectivity index is 3.40. The van der Waals surface area contributed by atoms with E-state index in [1.165, 1.54) is 0 Å². The van der Waals surface area contributed by atoms with E-state index >= 15 is 0 Å². The van der Waals surface area contributed by atoms with Crippen LogP contribution in [0.15, 0.2) is 12.7 Å². The third-order valence-corrected chi connectivity index (χ3v) is 2.32. The number of rotatable bonds is 8. The summed E-state index contributed by atoms with van der Waals surface area (Å²) < 4.78 is 15.7. The topological polar surface area (TPSA) is 27.7 Å². The lowest BCUT2D eigenvalue weighted by molar-refractivity contribution is 0.172. The van der Waals surface area contributed by atoms with E-state index in [1.54, 1.807) is 0 Å². The molecular formula is C8H17O3P. The van der Waals surface area contributed by atoms with Gasteiger partial charge in [0.15, 0.2) is 0 Å². The SMILES string of the molecule is C=CCCOP(OCC)OCC. The second-order valence-electron chi connectivity index (χ2n) is 1.97. The molecule has 0 saturated heterocycles. The molecular weight excluding hydrogens is 175 g/mol. The Morgan fingerprint density at radius 3 is 2.17 bits per heavy atom. The molecule has 0 atom stereocenters. The van der Waals surface area contributed by atoms with E-state index in [0.717, 1.165) is 6.42 Å². The van der Waals surface area contributed by atoms with Crippen molar-refractivity contribution in [2.75, 3.05) is 19.8 Å². The van der Waals surface area contributed by atoms with Gasteiger partial charge in [-0.05, 0) is 20.3 Å². The normalized spacial score (nSPS) is 10.6. The van der Waals surface area contributed by atoms with Crippen LogP contribution < -0.4 is 0 Å². The first-order valence-corrected chi connectivity index (χ1v) is 5.24. The Morgan fingerprint density at radius 2 is 1.75 bits per heavy atom. The van der Waals surface area contributed by atoms with Crippen LogP contribution >= 0.6 is 8.60 Å². The highest BCUT2D eigenvalue weighted by atomic mass is 31.2. The molecule has 72 valence electrons. The molecule has 0 aliphatic rings. The predicted octanol–water partition coefficient (Wildman–Crippen LogP) is 2.88. The lowest BCUT2D eigenvalue weighted by Gasteiger charge is -2.13. The summed E-state index contributed by atoms with van der Waals surface area (Å²) in [6.07, 6.45) is 2.64. The minimum absolute atomic E-state index is 0.620. The van der Waals surface area contributed by atoms with E-state index in [0.29, 0.717) is 19.8 Å². The summed E-state index contributed by atoms with van der Waals surface area (Å²) in [4.78, 5) is 0. The van der Waals surface area contributed by atoms with Crippen molar-refractivity contribution in [2.45, 2.75) is 20.3 Å². The molecule has 0 bridgehead atoms. The third-order valence-electron chi connectivity index (χ3n) is 0.988. The molecule has 0 heterocycles. The Hall–Kier alpha value is 0.0500. The summed E-state index contributed by atoms with van der Waals surface area (Å²) in [7, 11) is -1.12. The van der Waals surface area contributed by atoms with Gasteiger partial charge in [-0.25, -0.2) is 0 Å². The summed E-state index contributed by atoms with van der Waals surface area (Å²) in [5, 5.41) is 0. The maximum atomic E-state index is 5.31. The molecule has 0 aliphatic carbocycles. The molecule has 0 spiro atoms. The van der Waals surface area contributed by atoms with Crippen molar-refractivity contribution >= 4 is 8.60 Å². The van der Waals surface area contributed by atoms with E-state index in [9.17, 15) is 0 Å². The van der Waals surface area contributed by atoms with Gasteiger partial charge < -0.3 is 13.6 Å². The van der Waals surface area contributed by atoms with Crippen LogP contribution in [0.4, 0.5) is 0 Å². The molecule has 0 rings (SSSR count). The van der Waals surface area contributed by atoms with E-state index in [4.69, 9.17) is 13.6 Å². The molecule has 12 heavy (non-hydrogen) atoms. The molecule has 0 aromatic rings. The van der Waals surface area contributed by atoms with E-state index < -0.39 is 8.60 Å². The van der Waals surface area contributed by atoms with Gasteiger partial charge in [0, 0.05) is 0 Å². The van der Waals surface area contributed by atoms with Crippen LogP contribution in [-0.4, -0.2) is 19.8 Å². The van der Waals surface area contributed by atoms with Gasteiger partial charge in [-0.15, -0.1) is 6.58 Å². The van der Waals surface area contributed by atoms with Crippen LogP contribution in [0.5, 0.6) is 0 Å². The average Bonchev–Trinajstić information content (AvgIpc) is 2.06. The molecule has 4 heteroatoms. The lowest BCUT2D eigenvalue weighted by atomic mass is 10.5. The van der Waals surface area contributed by atoms with Crippen molar-refractivity contribution in [3.8, 4) is 0 Å². The van der Waals surface area contributed by atoms with Crippen LogP contribution in [-0.2, 0) is 13.6 Å². The first kappa shape index (κ1) is 12.0. The number of hydrogen-bond donors (Lipinski definition) is 0. The van der Waals surface area contributed by atoms with Crippen molar-refractivity contribution in [1.29, 1.82) is 0 Å².